The summed E-state index contributed by atoms with van der Waals surface area (Å²) in [5, 5.41) is 10.7. The maximum absolute atomic E-state index is 9.42. The number of rotatable bonds is 7. The van der Waals surface area contributed by atoms with Crippen molar-refractivity contribution in [3.05, 3.63) is 83.2 Å². The Kier molecular flexibility index (Phi) is 6.48. The molecule has 1 atom stereocenters. The summed E-state index contributed by atoms with van der Waals surface area (Å²) in [6.45, 7) is 11.2. The Bertz CT molecular complexity index is 1200. The Morgan fingerprint density at radius 3 is 2.28 bits per heavy atom. The van der Waals surface area contributed by atoms with Gasteiger partial charge in [-0.3, -0.25) is 4.98 Å². The van der Waals surface area contributed by atoms with E-state index in [0.29, 0.717) is 11.8 Å². The van der Waals surface area contributed by atoms with E-state index in [-0.39, 0.29) is 6.61 Å². The normalized spacial score (nSPS) is 12.6. The van der Waals surface area contributed by atoms with E-state index in [1.807, 2.05) is 6.20 Å². The Hall–Kier alpha value is -2.91. The summed E-state index contributed by atoms with van der Waals surface area (Å²) >= 11 is 0. The van der Waals surface area contributed by atoms with Gasteiger partial charge in [-0.15, -0.1) is 0 Å². The van der Waals surface area contributed by atoms with Crippen molar-refractivity contribution in [1.82, 2.24) is 9.55 Å². The molecule has 32 heavy (non-hydrogen) atoms. The second-order valence-electron chi connectivity index (χ2n) is 9.45. The Balaban J connectivity index is 1.86. The number of aliphatic hydroxyl groups is 1. The predicted octanol–water partition coefficient (Wildman–Crippen LogP) is 6.99. The van der Waals surface area contributed by atoms with Crippen molar-refractivity contribution >= 4 is 10.9 Å². The van der Waals surface area contributed by atoms with Crippen molar-refractivity contribution in [3.8, 4) is 16.9 Å². The second kappa shape index (κ2) is 9.30. The van der Waals surface area contributed by atoms with Crippen LogP contribution in [0.25, 0.3) is 27.8 Å². The molecule has 3 nitrogen and oxygen atoms in total. The van der Waals surface area contributed by atoms with Gasteiger partial charge >= 0.3 is 0 Å². The molecule has 0 aliphatic rings. The minimum absolute atomic E-state index is 0.228. The van der Waals surface area contributed by atoms with Crippen LogP contribution in [0.5, 0.6) is 0 Å². The van der Waals surface area contributed by atoms with Crippen molar-refractivity contribution in [2.75, 3.05) is 6.61 Å². The highest BCUT2D eigenvalue weighted by Crippen LogP contribution is 2.33. The molecule has 0 amide bonds. The molecule has 0 saturated heterocycles. The van der Waals surface area contributed by atoms with E-state index in [1.165, 1.54) is 33.2 Å². The minimum Gasteiger partial charge on any atom is -0.396 e. The van der Waals surface area contributed by atoms with E-state index < -0.39 is 0 Å². The maximum Gasteiger partial charge on any atom is 0.0715 e. The van der Waals surface area contributed by atoms with E-state index in [0.717, 1.165) is 29.7 Å². The SMILES string of the molecule is Cc1cccc(C)c1-c1cc2c(CC(C)CCO)cn(-c3ccc(C(C)C)cc3)c2cn1. The number of benzene rings is 2. The van der Waals surface area contributed by atoms with Crippen LogP contribution < -0.4 is 0 Å². The summed E-state index contributed by atoms with van der Waals surface area (Å²) in [5.41, 5.74) is 9.67. The molecule has 0 aliphatic heterocycles. The van der Waals surface area contributed by atoms with Crippen LogP contribution >= 0.6 is 0 Å². The van der Waals surface area contributed by atoms with Gasteiger partial charge in [0.25, 0.3) is 0 Å². The topological polar surface area (TPSA) is 38.0 Å². The summed E-state index contributed by atoms with van der Waals surface area (Å²) in [7, 11) is 0. The van der Waals surface area contributed by atoms with Gasteiger partial charge in [-0.1, -0.05) is 51.1 Å². The van der Waals surface area contributed by atoms with Crippen LogP contribution in [0.4, 0.5) is 0 Å². The Morgan fingerprint density at radius 2 is 1.66 bits per heavy atom. The van der Waals surface area contributed by atoms with Crippen molar-refractivity contribution in [2.45, 2.75) is 53.4 Å². The zero-order valence-electron chi connectivity index (χ0n) is 19.9. The fourth-order valence-corrected chi connectivity index (χ4v) is 4.64. The standard InChI is InChI=1S/C29H34N2O/c1-19(2)23-9-11-25(12-10-23)31-18-24(15-20(3)13-14-32)26-16-27(30-17-28(26)31)29-21(4)7-6-8-22(29)5/h6-12,16-20,32H,13-15H2,1-5H3. The average Bonchev–Trinajstić information content (AvgIpc) is 3.11. The molecule has 2 aromatic heterocycles. The fraction of sp³-hybridized carbons (Fsp3) is 0.345. The van der Waals surface area contributed by atoms with Crippen LogP contribution in [0.15, 0.2) is 60.9 Å². The van der Waals surface area contributed by atoms with Crippen molar-refractivity contribution in [1.29, 1.82) is 0 Å². The molecule has 0 saturated carbocycles. The summed E-state index contributed by atoms with van der Waals surface area (Å²) in [6.07, 6.45) is 6.03. The second-order valence-corrected chi connectivity index (χ2v) is 9.45. The molecule has 166 valence electrons. The third-order valence-electron chi connectivity index (χ3n) is 6.54. The lowest BCUT2D eigenvalue weighted by Crippen LogP contribution is -2.02. The molecule has 0 spiro atoms. The van der Waals surface area contributed by atoms with Crippen molar-refractivity contribution < 1.29 is 5.11 Å². The molecule has 0 bridgehead atoms. The molecular weight excluding hydrogens is 392 g/mol. The lowest BCUT2D eigenvalue weighted by Gasteiger charge is -2.11. The lowest BCUT2D eigenvalue weighted by atomic mass is 9.96. The van der Waals surface area contributed by atoms with E-state index >= 15 is 0 Å². The molecule has 0 aliphatic carbocycles. The van der Waals surface area contributed by atoms with Crippen LogP contribution in [-0.4, -0.2) is 21.3 Å². The predicted molar refractivity (Wildman–Crippen MR) is 135 cm³/mol. The van der Waals surface area contributed by atoms with Crippen LogP contribution in [0.3, 0.4) is 0 Å². The van der Waals surface area contributed by atoms with Gasteiger partial charge in [0.2, 0.25) is 0 Å². The Labute approximate surface area is 191 Å². The van der Waals surface area contributed by atoms with Crippen LogP contribution in [-0.2, 0) is 6.42 Å². The number of fused-ring (bicyclic) bond motifs is 1. The van der Waals surface area contributed by atoms with Gasteiger partial charge < -0.3 is 9.67 Å². The van der Waals surface area contributed by atoms with E-state index in [9.17, 15) is 5.11 Å². The lowest BCUT2D eigenvalue weighted by molar-refractivity contribution is 0.262. The van der Waals surface area contributed by atoms with Crippen molar-refractivity contribution in [2.24, 2.45) is 5.92 Å². The van der Waals surface area contributed by atoms with Gasteiger partial charge in [-0.2, -0.15) is 0 Å². The quantitative estimate of drug-likeness (QED) is 0.346. The highest BCUT2D eigenvalue weighted by atomic mass is 16.3. The van der Waals surface area contributed by atoms with E-state index in [1.54, 1.807) is 0 Å². The molecule has 1 N–H and O–H groups in total. The summed E-state index contributed by atoms with van der Waals surface area (Å²) in [5.74, 6) is 0.932. The number of nitrogens with zero attached hydrogens (tertiary/aromatic N) is 2. The maximum atomic E-state index is 9.42. The van der Waals surface area contributed by atoms with Crippen molar-refractivity contribution in [3.63, 3.8) is 0 Å². The number of hydrogen-bond acceptors (Lipinski definition) is 2. The van der Waals surface area contributed by atoms with Gasteiger partial charge in [0.15, 0.2) is 0 Å². The number of aliphatic hydroxyl groups excluding tert-OH is 1. The fourth-order valence-electron chi connectivity index (χ4n) is 4.64. The van der Waals surface area contributed by atoms with Gasteiger partial charge in [-0.25, -0.2) is 0 Å². The highest BCUT2D eigenvalue weighted by molar-refractivity contribution is 5.89. The number of aromatic nitrogens is 2. The largest absolute Gasteiger partial charge is 0.396 e. The molecule has 0 radical (unpaired) electrons. The Morgan fingerprint density at radius 1 is 0.969 bits per heavy atom. The summed E-state index contributed by atoms with van der Waals surface area (Å²) in [4.78, 5) is 4.90. The molecule has 0 fully saturated rings. The average molecular weight is 427 g/mol. The first-order valence-electron chi connectivity index (χ1n) is 11.7. The van der Waals surface area contributed by atoms with Gasteiger partial charge in [0, 0.05) is 29.4 Å². The summed E-state index contributed by atoms with van der Waals surface area (Å²) in [6, 6.07) is 17.5. The molecule has 3 heteroatoms. The van der Waals surface area contributed by atoms with Crippen LogP contribution in [0.1, 0.15) is 55.4 Å². The number of aryl methyl sites for hydroxylation is 2. The third kappa shape index (κ3) is 4.35. The third-order valence-corrected chi connectivity index (χ3v) is 6.54. The minimum atomic E-state index is 0.228. The smallest absolute Gasteiger partial charge is 0.0715 e. The van der Waals surface area contributed by atoms with Gasteiger partial charge in [-0.05, 0) is 79.0 Å². The number of pyridine rings is 1. The molecule has 4 rings (SSSR count). The first-order valence-corrected chi connectivity index (χ1v) is 11.7. The number of hydrogen-bond donors (Lipinski definition) is 1. The first-order chi connectivity index (χ1) is 15.4. The molecule has 4 aromatic rings. The molecular formula is C29H34N2O. The molecule has 2 heterocycles. The van der Waals surface area contributed by atoms with Crippen LogP contribution in [0.2, 0.25) is 0 Å². The zero-order chi connectivity index (χ0) is 22.8. The van der Waals surface area contributed by atoms with Crippen LogP contribution in [0, 0.1) is 19.8 Å². The molecule has 2 aromatic carbocycles. The zero-order valence-corrected chi connectivity index (χ0v) is 19.9. The first kappa shape index (κ1) is 22.3. The van der Waals surface area contributed by atoms with Gasteiger partial charge in [0.05, 0.1) is 17.4 Å². The monoisotopic (exact) mass is 426 g/mol. The van der Waals surface area contributed by atoms with Gasteiger partial charge in [0.1, 0.15) is 0 Å². The van der Waals surface area contributed by atoms with E-state index in [2.05, 4.69) is 93.9 Å². The highest BCUT2D eigenvalue weighted by Gasteiger charge is 2.16. The van der Waals surface area contributed by atoms with E-state index in [4.69, 9.17) is 4.98 Å². The summed E-state index contributed by atoms with van der Waals surface area (Å²) < 4.78 is 2.27. The molecule has 1 unspecified atom stereocenters.